The molecule has 8 heteroatoms. The predicted molar refractivity (Wildman–Crippen MR) is 127 cm³/mol. The normalized spacial score (nSPS) is 11.1. The number of ether oxygens (including phenoxy) is 1. The van der Waals surface area contributed by atoms with Gasteiger partial charge in [-0.2, -0.15) is 0 Å². The third-order valence-corrected chi connectivity index (χ3v) is 6.53. The number of nitrogens with one attached hydrogen (secondary N) is 1. The van der Waals surface area contributed by atoms with Crippen LogP contribution in [0.25, 0.3) is 0 Å². The fourth-order valence-corrected chi connectivity index (χ4v) is 4.01. The van der Waals surface area contributed by atoms with E-state index in [1.54, 1.807) is 30.3 Å². The molecule has 3 aromatic carbocycles. The first kappa shape index (κ1) is 22.8. The number of benzene rings is 3. The van der Waals surface area contributed by atoms with Crippen LogP contribution in [-0.2, 0) is 21.4 Å². The lowest BCUT2D eigenvalue weighted by molar-refractivity contribution is -0.114. The highest BCUT2D eigenvalue weighted by molar-refractivity contribution is 9.10. The van der Waals surface area contributed by atoms with E-state index in [1.807, 2.05) is 49.4 Å². The summed E-state index contributed by atoms with van der Waals surface area (Å²) in [4.78, 5) is 12.5. The molecule has 0 aliphatic rings. The molecule has 0 atom stereocenters. The van der Waals surface area contributed by atoms with Gasteiger partial charge >= 0.3 is 0 Å². The lowest BCUT2D eigenvalue weighted by Gasteiger charge is -2.22. The standard InChI is InChI=1S/C23H23BrN2O4S/c1-17-14-19(8-13-22(17)24)25-23(27)15-26(31(2,28)29)20-9-11-21(12-10-20)30-16-18-6-4-3-5-7-18/h3-14H,15-16H2,1-2H3,(H,25,27). The number of sulfonamides is 1. The number of carbonyl (C=O) groups is 1. The van der Waals surface area contributed by atoms with Crippen molar-refractivity contribution in [3.8, 4) is 5.75 Å². The van der Waals surface area contributed by atoms with E-state index in [4.69, 9.17) is 4.74 Å². The average Bonchev–Trinajstić information content (AvgIpc) is 2.74. The zero-order valence-corrected chi connectivity index (χ0v) is 19.6. The Morgan fingerprint density at radius 2 is 1.71 bits per heavy atom. The Balaban J connectivity index is 1.68. The Morgan fingerprint density at radius 1 is 1.03 bits per heavy atom. The molecule has 0 spiro atoms. The minimum Gasteiger partial charge on any atom is -0.489 e. The van der Waals surface area contributed by atoms with Crippen LogP contribution in [0, 0.1) is 6.92 Å². The molecule has 0 saturated carbocycles. The maximum absolute atomic E-state index is 12.5. The molecule has 0 fully saturated rings. The molecular formula is C23H23BrN2O4S. The number of carbonyl (C=O) groups excluding carboxylic acids is 1. The lowest BCUT2D eigenvalue weighted by atomic mass is 10.2. The Kier molecular flexibility index (Phi) is 7.35. The second kappa shape index (κ2) is 9.98. The molecule has 162 valence electrons. The quantitative estimate of drug-likeness (QED) is 0.482. The van der Waals surface area contributed by atoms with E-state index in [-0.39, 0.29) is 6.54 Å². The minimum absolute atomic E-state index is 0.335. The fourth-order valence-electron chi connectivity index (χ4n) is 2.90. The summed E-state index contributed by atoms with van der Waals surface area (Å²) in [7, 11) is -3.66. The molecule has 3 aromatic rings. The minimum atomic E-state index is -3.66. The Labute approximate surface area is 191 Å². The van der Waals surface area contributed by atoms with Gasteiger partial charge in [-0.25, -0.2) is 8.42 Å². The number of aryl methyl sites for hydroxylation is 1. The van der Waals surface area contributed by atoms with Crippen LogP contribution in [0.1, 0.15) is 11.1 Å². The average molecular weight is 503 g/mol. The number of amides is 1. The first-order valence-electron chi connectivity index (χ1n) is 9.53. The Bertz CT molecular complexity index is 1150. The van der Waals surface area contributed by atoms with Crippen LogP contribution in [0.5, 0.6) is 5.75 Å². The third-order valence-electron chi connectivity index (χ3n) is 4.50. The van der Waals surface area contributed by atoms with Gasteiger partial charge in [0.15, 0.2) is 0 Å². The Morgan fingerprint density at radius 3 is 2.32 bits per heavy atom. The molecule has 0 unspecified atom stereocenters. The van der Waals surface area contributed by atoms with Gasteiger partial charge in [-0.3, -0.25) is 9.10 Å². The van der Waals surface area contributed by atoms with Crippen molar-refractivity contribution in [1.29, 1.82) is 0 Å². The number of nitrogens with zero attached hydrogens (tertiary/aromatic N) is 1. The van der Waals surface area contributed by atoms with Crippen molar-refractivity contribution in [3.63, 3.8) is 0 Å². The number of halogens is 1. The summed E-state index contributed by atoms with van der Waals surface area (Å²) >= 11 is 3.41. The van der Waals surface area contributed by atoms with Gasteiger partial charge in [0, 0.05) is 10.2 Å². The second-order valence-electron chi connectivity index (χ2n) is 7.05. The summed E-state index contributed by atoms with van der Waals surface area (Å²) < 4.78 is 32.4. The maximum atomic E-state index is 12.5. The van der Waals surface area contributed by atoms with Gasteiger partial charge in [0.1, 0.15) is 18.9 Å². The zero-order valence-electron chi connectivity index (χ0n) is 17.2. The van der Waals surface area contributed by atoms with E-state index in [2.05, 4.69) is 21.2 Å². The van der Waals surface area contributed by atoms with Gasteiger partial charge in [-0.1, -0.05) is 46.3 Å². The van der Waals surface area contributed by atoms with Gasteiger partial charge in [0.05, 0.1) is 11.9 Å². The number of rotatable bonds is 8. The fraction of sp³-hybridized carbons (Fsp3) is 0.174. The van der Waals surface area contributed by atoms with E-state index in [9.17, 15) is 13.2 Å². The maximum Gasteiger partial charge on any atom is 0.245 e. The van der Waals surface area contributed by atoms with Crippen LogP contribution in [0.15, 0.2) is 77.3 Å². The zero-order chi connectivity index (χ0) is 22.4. The lowest BCUT2D eigenvalue weighted by Crippen LogP contribution is -2.37. The van der Waals surface area contributed by atoms with E-state index in [0.717, 1.165) is 26.2 Å². The smallest absolute Gasteiger partial charge is 0.245 e. The monoisotopic (exact) mass is 502 g/mol. The van der Waals surface area contributed by atoms with Crippen molar-refractivity contribution in [2.24, 2.45) is 0 Å². The van der Waals surface area contributed by atoms with Crippen molar-refractivity contribution in [2.45, 2.75) is 13.5 Å². The highest BCUT2D eigenvalue weighted by atomic mass is 79.9. The molecule has 1 N–H and O–H groups in total. The van der Waals surface area contributed by atoms with Crippen molar-refractivity contribution in [2.75, 3.05) is 22.4 Å². The molecule has 0 aliphatic carbocycles. The van der Waals surface area contributed by atoms with E-state index in [0.29, 0.717) is 23.7 Å². The highest BCUT2D eigenvalue weighted by Crippen LogP contribution is 2.23. The van der Waals surface area contributed by atoms with Crippen molar-refractivity contribution < 1.29 is 17.9 Å². The summed E-state index contributed by atoms with van der Waals surface area (Å²) in [6.45, 7) is 1.98. The molecule has 0 saturated heterocycles. The van der Waals surface area contributed by atoms with Crippen molar-refractivity contribution in [1.82, 2.24) is 0 Å². The molecule has 31 heavy (non-hydrogen) atoms. The first-order valence-corrected chi connectivity index (χ1v) is 12.2. The van der Waals surface area contributed by atoms with Crippen LogP contribution in [0.3, 0.4) is 0 Å². The summed E-state index contributed by atoms with van der Waals surface area (Å²) in [5, 5.41) is 2.74. The van der Waals surface area contributed by atoms with Crippen molar-refractivity contribution in [3.05, 3.63) is 88.4 Å². The molecule has 0 heterocycles. The van der Waals surface area contributed by atoms with E-state index < -0.39 is 15.9 Å². The van der Waals surface area contributed by atoms with Gasteiger partial charge in [0.25, 0.3) is 0 Å². The van der Waals surface area contributed by atoms with Crippen LogP contribution in [0.2, 0.25) is 0 Å². The molecule has 1 amide bonds. The molecular weight excluding hydrogens is 480 g/mol. The summed E-state index contributed by atoms with van der Waals surface area (Å²) in [5.74, 6) is 0.174. The van der Waals surface area contributed by atoms with Crippen LogP contribution >= 0.6 is 15.9 Å². The topological polar surface area (TPSA) is 75.7 Å². The molecule has 0 aliphatic heterocycles. The first-order chi connectivity index (χ1) is 14.7. The number of hydrogen-bond donors (Lipinski definition) is 1. The van der Waals surface area contributed by atoms with E-state index >= 15 is 0 Å². The summed E-state index contributed by atoms with van der Waals surface area (Å²) in [5.41, 5.74) is 2.98. The van der Waals surface area contributed by atoms with Gasteiger partial charge in [-0.05, 0) is 60.5 Å². The van der Waals surface area contributed by atoms with Gasteiger partial charge < -0.3 is 10.1 Å². The summed E-state index contributed by atoms with van der Waals surface area (Å²) in [6, 6.07) is 21.7. The predicted octanol–water partition coefficient (Wildman–Crippen LogP) is 4.74. The third kappa shape index (κ3) is 6.57. The summed E-state index contributed by atoms with van der Waals surface area (Å²) in [6.07, 6.45) is 1.07. The number of hydrogen-bond acceptors (Lipinski definition) is 4. The van der Waals surface area contributed by atoms with Crippen LogP contribution in [0.4, 0.5) is 11.4 Å². The van der Waals surface area contributed by atoms with Gasteiger partial charge in [-0.15, -0.1) is 0 Å². The molecule has 0 bridgehead atoms. The largest absolute Gasteiger partial charge is 0.489 e. The van der Waals surface area contributed by atoms with Crippen molar-refractivity contribution >= 4 is 43.2 Å². The van der Waals surface area contributed by atoms with E-state index in [1.165, 1.54) is 0 Å². The second-order valence-corrected chi connectivity index (χ2v) is 9.81. The molecule has 0 radical (unpaired) electrons. The van der Waals surface area contributed by atoms with Crippen LogP contribution < -0.4 is 14.4 Å². The SMILES string of the molecule is Cc1cc(NC(=O)CN(c2ccc(OCc3ccccc3)cc2)S(C)(=O)=O)ccc1Br. The molecule has 0 aromatic heterocycles. The van der Waals surface area contributed by atoms with Crippen LogP contribution in [-0.4, -0.2) is 27.1 Å². The molecule has 3 rings (SSSR count). The Hall–Kier alpha value is -2.84. The molecule has 6 nitrogen and oxygen atoms in total. The highest BCUT2D eigenvalue weighted by Gasteiger charge is 2.21. The number of anilines is 2. The van der Waals surface area contributed by atoms with Gasteiger partial charge in [0.2, 0.25) is 15.9 Å².